The molecule has 3 atom stereocenters. The molecule has 1 fully saturated rings. The van der Waals surface area contributed by atoms with Crippen LogP contribution in [0.5, 0.6) is 0 Å². The molecule has 0 radical (unpaired) electrons. The zero-order chi connectivity index (χ0) is 24.1. The molecule has 0 heteroatoms. The molecule has 1 saturated carbocycles. The molecule has 1 aromatic carbocycles. The van der Waals surface area contributed by atoms with E-state index in [0.29, 0.717) is 11.8 Å². The van der Waals surface area contributed by atoms with Crippen molar-refractivity contribution >= 4 is 5.57 Å². The van der Waals surface area contributed by atoms with Crippen LogP contribution in [0.3, 0.4) is 0 Å². The standard InChI is InChI=1S/C34H36/c1-8-13-21(4)31-22(5)18-26-19-29(23(6)32(26)34(31)25-14-9-10-15-25)33-24(7)30(20(2)3)27-16-11-12-17-28(27)33/h9-12,14,16-18,30,32,34H,2,4,6-8,13,15,19H2,1,3,5H3. The largest absolute Gasteiger partial charge is 0.0992 e. The van der Waals surface area contributed by atoms with Crippen LogP contribution in [-0.4, -0.2) is 0 Å². The molecule has 5 rings (SSSR count). The predicted molar refractivity (Wildman–Crippen MR) is 147 cm³/mol. The van der Waals surface area contributed by atoms with Gasteiger partial charge in [0.1, 0.15) is 0 Å². The van der Waals surface area contributed by atoms with Crippen molar-refractivity contribution in [3.63, 3.8) is 0 Å². The van der Waals surface area contributed by atoms with Crippen LogP contribution in [0.15, 0.2) is 125 Å². The summed E-state index contributed by atoms with van der Waals surface area (Å²) in [4.78, 5) is 0. The number of allylic oxidation sites excluding steroid dienone is 14. The molecule has 0 N–H and O–H groups in total. The lowest BCUT2D eigenvalue weighted by molar-refractivity contribution is 0.555. The Labute approximate surface area is 205 Å². The van der Waals surface area contributed by atoms with Gasteiger partial charge in [-0.2, -0.15) is 0 Å². The Bertz CT molecular complexity index is 1290. The summed E-state index contributed by atoms with van der Waals surface area (Å²) in [6.07, 6.45) is 13.4. The zero-order valence-electron chi connectivity index (χ0n) is 21.0. The lowest BCUT2D eigenvalue weighted by Gasteiger charge is -2.35. The fourth-order valence-electron chi connectivity index (χ4n) is 6.84. The molecule has 3 unspecified atom stereocenters. The molecule has 0 bridgehead atoms. The van der Waals surface area contributed by atoms with Gasteiger partial charge in [0, 0.05) is 17.8 Å². The first-order valence-electron chi connectivity index (χ1n) is 12.7. The molecule has 0 spiro atoms. The van der Waals surface area contributed by atoms with E-state index in [2.05, 4.69) is 89.1 Å². The van der Waals surface area contributed by atoms with Gasteiger partial charge >= 0.3 is 0 Å². The van der Waals surface area contributed by atoms with Crippen LogP contribution in [0, 0.1) is 11.8 Å². The molecular formula is C34H36. The maximum atomic E-state index is 4.77. The van der Waals surface area contributed by atoms with Crippen LogP contribution in [0.1, 0.15) is 63.5 Å². The highest BCUT2D eigenvalue weighted by molar-refractivity contribution is 5.93. The second kappa shape index (κ2) is 8.58. The van der Waals surface area contributed by atoms with Crippen molar-refractivity contribution in [2.45, 2.75) is 52.4 Å². The summed E-state index contributed by atoms with van der Waals surface area (Å²) < 4.78 is 0. The van der Waals surface area contributed by atoms with Crippen molar-refractivity contribution in [2.75, 3.05) is 0 Å². The topological polar surface area (TPSA) is 0 Å². The quantitative estimate of drug-likeness (QED) is 0.397. The third kappa shape index (κ3) is 3.35. The van der Waals surface area contributed by atoms with Crippen molar-refractivity contribution < 1.29 is 0 Å². The van der Waals surface area contributed by atoms with Crippen molar-refractivity contribution in [1.82, 2.24) is 0 Å². The van der Waals surface area contributed by atoms with Crippen LogP contribution < -0.4 is 0 Å². The minimum absolute atomic E-state index is 0.195. The lowest BCUT2D eigenvalue weighted by Crippen LogP contribution is -2.24. The van der Waals surface area contributed by atoms with Gasteiger partial charge in [-0.25, -0.2) is 0 Å². The summed E-state index contributed by atoms with van der Waals surface area (Å²) in [5, 5.41) is 0. The molecule has 0 saturated heterocycles. The van der Waals surface area contributed by atoms with Gasteiger partial charge < -0.3 is 0 Å². The number of rotatable bonds is 5. The van der Waals surface area contributed by atoms with E-state index in [-0.39, 0.29) is 5.92 Å². The summed E-state index contributed by atoms with van der Waals surface area (Å²) in [5.41, 5.74) is 16.1. The molecule has 172 valence electrons. The average molecular weight is 445 g/mol. The Hall–Kier alpha value is -3.12. The van der Waals surface area contributed by atoms with E-state index < -0.39 is 0 Å². The minimum Gasteiger partial charge on any atom is -0.0992 e. The Morgan fingerprint density at radius 1 is 1.03 bits per heavy atom. The van der Waals surface area contributed by atoms with Crippen LogP contribution in [0.25, 0.3) is 5.57 Å². The van der Waals surface area contributed by atoms with E-state index in [1.54, 1.807) is 0 Å². The second-order valence-electron chi connectivity index (χ2n) is 10.4. The number of fused-ring (bicyclic) bond motifs is 2. The van der Waals surface area contributed by atoms with Crippen molar-refractivity contribution in [3.8, 4) is 0 Å². The summed E-state index contributed by atoms with van der Waals surface area (Å²) in [6, 6.07) is 8.78. The summed E-state index contributed by atoms with van der Waals surface area (Å²) in [7, 11) is 0. The third-order valence-electron chi connectivity index (χ3n) is 8.15. The van der Waals surface area contributed by atoms with Gasteiger partial charge in [-0.05, 0) is 77.7 Å². The third-order valence-corrected chi connectivity index (χ3v) is 8.15. The van der Waals surface area contributed by atoms with Crippen molar-refractivity contribution in [3.05, 3.63) is 136 Å². The van der Waals surface area contributed by atoms with E-state index in [1.807, 2.05) is 0 Å². The first-order valence-corrected chi connectivity index (χ1v) is 12.7. The van der Waals surface area contributed by atoms with Crippen LogP contribution in [0.4, 0.5) is 0 Å². The Morgan fingerprint density at radius 3 is 2.47 bits per heavy atom. The second-order valence-corrected chi connectivity index (χ2v) is 10.4. The van der Waals surface area contributed by atoms with Crippen molar-refractivity contribution in [2.24, 2.45) is 11.8 Å². The van der Waals surface area contributed by atoms with E-state index in [9.17, 15) is 0 Å². The Morgan fingerprint density at radius 2 is 1.79 bits per heavy atom. The smallest absolute Gasteiger partial charge is 0.0300 e. The fourth-order valence-corrected chi connectivity index (χ4v) is 6.84. The monoisotopic (exact) mass is 444 g/mol. The van der Waals surface area contributed by atoms with Gasteiger partial charge in [0.25, 0.3) is 0 Å². The molecule has 4 aliphatic rings. The molecule has 4 aliphatic carbocycles. The molecule has 0 heterocycles. The summed E-state index contributed by atoms with van der Waals surface area (Å²) >= 11 is 0. The van der Waals surface area contributed by atoms with Crippen LogP contribution in [0.2, 0.25) is 0 Å². The molecule has 0 aromatic heterocycles. The highest BCUT2D eigenvalue weighted by Gasteiger charge is 2.44. The van der Waals surface area contributed by atoms with E-state index in [1.165, 1.54) is 61.3 Å². The van der Waals surface area contributed by atoms with Gasteiger partial charge in [-0.1, -0.05) is 111 Å². The minimum atomic E-state index is 0.195. The summed E-state index contributed by atoms with van der Waals surface area (Å²) in [6.45, 7) is 24.9. The summed E-state index contributed by atoms with van der Waals surface area (Å²) in [5.74, 6) is 0.840. The van der Waals surface area contributed by atoms with Crippen molar-refractivity contribution in [1.29, 1.82) is 0 Å². The molecule has 0 nitrogen and oxygen atoms in total. The normalized spacial score (nSPS) is 27.7. The maximum Gasteiger partial charge on any atom is 0.0300 e. The van der Waals surface area contributed by atoms with Crippen LogP contribution >= 0.6 is 0 Å². The fraction of sp³-hybridized carbons (Fsp3) is 0.294. The first-order chi connectivity index (χ1) is 16.3. The number of hydrogen-bond donors (Lipinski definition) is 0. The highest BCUT2D eigenvalue weighted by Crippen LogP contribution is 2.58. The molecule has 0 amide bonds. The molecular weight excluding hydrogens is 408 g/mol. The van der Waals surface area contributed by atoms with Crippen LogP contribution in [-0.2, 0) is 0 Å². The van der Waals surface area contributed by atoms with Gasteiger partial charge in [0.05, 0.1) is 0 Å². The van der Waals surface area contributed by atoms with Gasteiger partial charge in [-0.15, -0.1) is 0 Å². The molecule has 34 heavy (non-hydrogen) atoms. The lowest BCUT2D eigenvalue weighted by atomic mass is 9.68. The van der Waals surface area contributed by atoms with E-state index in [4.69, 9.17) is 6.58 Å². The number of hydrogen-bond acceptors (Lipinski definition) is 0. The van der Waals surface area contributed by atoms with E-state index in [0.717, 1.165) is 31.3 Å². The molecule has 1 aromatic rings. The number of benzene rings is 1. The predicted octanol–water partition coefficient (Wildman–Crippen LogP) is 9.36. The average Bonchev–Trinajstić information content (AvgIpc) is 3.49. The van der Waals surface area contributed by atoms with E-state index >= 15 is 0 Å². The molecule has 0 aliphatic heterocycles. The van der Waals surface area contributed by atoms with Gasteiger partial charge in [-0.3, -0.25) is 0 Å². The van der Waals surface area contributed by atoms with Gasteiger partial charge in [0.15, 0.2) is 0 Å². The first kappa shape index (κ1) is 22.7. The maximum absolute atomic E-state index is 4.77. The SMILES string of the molecule is C=C(CCC)C1=C(C)C=C2CC(=C3C(=C)C(C(=C)C)c4ccccc43)C(=C)C2C1C1=CC=CC1. The zero-order valence-corrected chi connectivity index (χ0v) is 21.0. The van der Waals surface area contributed by atoms with Gasteiger partial charge in [0.2, 0.25) is 0 Å². The highest BCUT2D eigenvalue weighted by atomic mass is 14.5. The Kier molecular flexibility index (Phi) is 5.72. The Balaban J connectivity index is 1.65.